The third kappa shape index (κ3) is 1.63. The molecule has 1 aromatic heterocycles. The van der Waals surface area contributed by atoms with Gasteiger partial charge in [0.05, 0.1) is 10.2 Å². The Kier molecular flexibility index (Phi) is 2.51. The van der Waals surface area contributed by atoms with Crippen LogP contribution in [0.3, 0.4) is 0 Å². The number of carbonyl (C=O) groups is 1. The number of ketones is 1. The van der Waals surface area contributed by atoms with Gasteiger partial charge < -0.3 is 0 Å². The van der Waals surface area contributed by atoms with Crippen molar-refractivity contribution >= 4 is 27.3 Å². The van der Waals surface area contributed by atoms with Crippen LogP contribution in [0.25, 0.3) is 20.8 Å². The highest BCUT2D eigenvalue weighted by Crippen LogP contribution is 2.37. The maximum atomic E-state index is 12.4. The number of fused-ring (bicyclic) bond motifs is 2. The van der Waals surface area contributed by atoms with Crippen molar-refractivity contribution in [2.24, 2.45) is 5.92 Å². The highest BCUT2D eigenvalue weighted by atomic mass is 32.1. The van der Waals surface area contributed by atoms with Gasteiger partial charge in [-0.3, -0.25) is 4.79 Å². The van der Waals surface area contributed by atoms with Crippen molar-refractivity contribution in [1.82, 2.24) is 4.98 Å². The summed E-state index contributed by atoms with van der Waals surface area (Å²) in [5.74, 6) is 0.357. The lowest BCUT2D eigenvalue weighted by molar-refractivity contribution is 0.0947. The molecule has 1 aliphatic carbocycles. The third-order valence-electron chi connectivity index (χ3n) is 3.90. The first kappa shape index (κ1) is 11.8. The molecule has 0 aliphatic heterocycles. The minimum atomic E-state index is 0.0977. The van der Waals surface area contributed by atoms with Crippen LogP contribution >= 0.6 is 11.3 Å². The Balaban J connectivity index is 1.96. The first-order chi connectivity index (χ1) is 9.74. The van der Waals surface area contributed by atoms with Crippen molar-refractivity contribution in [3.05, 3.63) is 53.6 Å². The molecule has 3 heteroatoms. The van der Waals surface area contributed by atoms with Gasteiger partial charge in [0, 0.05) is 17.0 Å². The summed E-state index contributed by atoms with van der Waals surface area (Å²) in [4.78, 5) is 17.1. The number of hydrogen-bond donors (Lipinski definition) is 0. The molecule has 98 valence electrons. The maximum absolute atomic E-state index is 12.4. The number of rotatable bonds is 1. The second-order valence-corrected chi connectivity index (χ2v) is 6.33. The van der Waals surface area contributed by atoms with Crippen LogP contribution in [0.4, 0.5) is 0 Å². The Labute approximate surface area is 121 Å². The van der Waals surface area contributed by atoms with E-state index in [9.17, 15) is 4.79 Å². The summed E-state index contributed by atoms with van der Waals surface area (Å²) in [7, 11) is 0. The number of hydrogen-bond acceptors (Lipinski definition) is 3. The molecule has 0 spiro atoms. The summed E-state index contributed by atoms with van der Waals surface area (Å²) >= 11 is 1.66. The molecule has 0 fully saturated rings. The molecule has 20 heavy (non-hydrogen) atoms. The highest BCUT2D eigenvalue weighted by molar-refractivity contribution is 7.21. The number of benzene rings is 2. The van der Waals surface area contributed by atoms with Crippen molar-refractivity contribution in [3.63, 3.8) is 0 Å². The van der Waals surface area contributed by atoms with Crippen molar-refractivity contribution in [1.29, 1.82) is 0 Å². The van der Waals surface area contributed by atoms with Crippen LogP contribution in [-0.4, -0.2) is 10.8 Å². The van der Waals surface area contributed by atoms with Gasteiger partial charge in [0.25, 0.3) is 0 Å². The molecular weight excluding hydrogens is 266 g/mol. The van der Waals surface area contributed by atoms with Crippen molar-refractivity contribution in [2.75, 3.05) is 0 Å². The van der Waals surface area contributed by atoms with Gasteiger partial charge in [-0.05, 0) is 24.1 Å². The zero-order valence-electron chi connectivity index (χ0n) is 11.1. The van der Waals surface area contributed by atoms with Gasteiger partial charge in [-0.2, -0.15) is 0 Å². The summed E-state index contributed by atoms with van der Waals surface area (Å²) < 4.78 is 1.17. The first-order valence-corrected chi connectivity index (χ1v) is 7.58. The first-order valence-electron chi connectivity index (χ1n) is 6.76. The van der Waals surface area contributed by atoms with Crippen LogP contribution in [0.15, 0.2) is 42.5 Å². The van der Waals surface area contributed by atoms with Gasteiger partial charge in [0.15, 0.2) is 5.78 Å². The predicted octanol–water partition coefficient (Wildman–Crippen LogP) is 4.34. The minimum Gasteiger partial charge on any atom is -0.294 e. The second-order valence-electron chi connectivity index (χ2n) is 5.30. The molecule has 0 saturated carbocycles. The molecule has 1 unspecified atom stereocenters. The molecule has 0 amide bonds. The van der Waals surface area contributed by atoms with Crippen LogP contribution in [0.5, 0.6) is 0 Å². The molecule has 0 saturated heterocycles. The fourth-order valence-electron chi connectivity index (χ4n) is 2.90. The largest absolute Gasteiger partial charge is 0.294 e. The fraction of sp³-hybridized carbons (Fsp3) is 0.176. The van der Waals surface area contributed by atoms with E-state index < -0.39 is 0 Å². The van der Waals surface area contributed by atoms with E-state index in [1.165, 1.54) is 10.3 Å². The average Bonchev–Trinajstić information content (AvgIpc) is 3.01. The van der Waals surface area contributed by atoms with Gasteiger partial charge in [0.2, 0.25) is 0 Å². The van der Waals surface area contributed by atoms with Crippen LogP contribution in [-0.2, 0) is 6.42 Å². The van der Waals surface area contributed by atoms with Gasteiger partial charge >= 0.3 is 0 Å². The van der Waals surface area contributed by atoms with Crippen LogP contribution in [0.2, 0.25) is 0 Å². The molecular formula is C17H13NOS. The molecule has 4 rings (SSSR count). The molecule has 1 aliphatic rings. The molecule has 3 aromatic rings. The van der Waals surface area contributed by atoms with E-state index in [1.807, 2.05) is 37.3 Å². The van der Waals surface area contributed by atoms with E-state index in [0.717, 1.165) is 28.1 Å². The summed E-state index contributed by atoms with van der Waals surface area (Å²) in [6.45, 7) is 2.00. The summed E-state index contributed by atoms with van der Waals surface area (Å²) in [5, 5.41) is 0.950. The van der Waals surface area contributed by atoms with Gasteiger partial charge in [-0.25, -0.2) is 4.98 Å². The lowest BCUT2D eigenvalue weighted by Gasteiger charge is -2.03. The summed E-state index contributed by atoms with van der Waals surface area (Å²) in [6, 6.07) is 14.2. The van der Waals surface area contributed by atoms with E-state index in [2.05, 4.69) is 17.1 Å². The Hall–Kier alpha value is -2.00. The number of aromatic nitrogens is 1. The van der Waals surface area contributed by atoms with Crippen molar-refractivity contribution in [3.8, 4) is 10.6 Å². The smallest absolute Gasteiger partial charge is 0.166 e. The monoisotopic (exact) mass is 279 g/mol. The van der Waals surface area contributed by atoms with Crippen LogP contribution < -0.4 is 0 Å². The highest BCUT2D eigenvalue weighted by Gasteiger charge is 2.30. The topological polar surface area (TPSA) is 30.0 Å². The molecule has 2 aromatic carbocycles. The lowest BCUT2D eigenvalue weighted by atomic mass is 10.0. The number of para-hydroxylation sites is 1. The van der Waals surface area contributed by atoms with E-state index in [1.54, 1.807) is 11.3 Å². The Bertz CT molecular complexity index is 801. The zero-order valence-corrected chi connectivity index (χ0v) is 11.9. The standard InChI is InChI=1S/C17H13NOS/c1-10-9-11-5-4-6-12(15(11)16(10)19)17-18-13-7-2-3-8-14(13)20-17/h2-8,10H,9H2,1H3. The van der Waals surface area contributed by atoms with E-state index in [4.69, 9.17) is 0 Å². The number of thiazole rings is 1. The minimum absolute atomic E-state index is 0.0977. The zero-order chi connectivity index (χ0) is 13.7. The Morgan fingerprint density at radius 1 is 1.15 bits per heavy atom. The molecule has 1 atom stereocenters. The predicted molar refractivity (Wildman–Crippen MR) is 82.3 cm³/mol. The molecule has 0 N–H and O–H groups in total. The quantitative estimate of drug-likeness (QED) is 0.663. The number of nitrogens with zero attached hydrogens (tertiary/aromatic N) is 1. The van der Waals surface area contributed by atoms with Gasteiger partial charge in [-0.1, -0.05) is 37.3 Å². The second kappa shape index (κ2) is 4.25. The fourth-order valence-corrected chi connectivity index (χ4v) is 3.89. The summed E-state index contributed by atoms with van der Waals surface area (Å²) in [6.07, 6.45) is 0.854. The van der Waals surface area contributed by atoms with Crippen molar-refractivity contribution in [2.45, 2.75) is 13.3 Å². The number of carbonyl (C=O) groups excluding carboxylic acids is 1. The molecule has 1 heterocycles. The van der Waals surface area contributed by atoms with E-state index >= 15 is 0 Å². The van der Waals surface area contributed by atoms with Gasteiger partial charge in [0.1, 0.15) is 5.01 Å². The normalized spacial score (nSPS) is 17.6. The molecule has 2 nitrogen and oxygen atoms in total. The molecule has 0 radical (unpaired) electrons. The van der Waals surface area contributed by atoms with Crippen molar-refractivity contribution < 1.29 is 4.79 Å². The van der Waals surface area contributed by atoms with Crippen LogP contribution in [0, 0.1) is 5.92 Å². The Morgan fingerprint density at radius 2 is 2.00 bits per heavy atom. The van der Waals surface area contributed by atoms with E-state index in [0.29, 0.717) is 0 Å². The molecule has 0 bridgehead atoms. The average molecular weight is 279 g/mol. The van der Waals surface area contributed by atoms with Gasteiger partial charge in [-0.15, -0.1) is 11.3 Å². The van der Waals surface area contributed by atoms with Crippen LogP contribution in [0.1, 0.15) is 22.8 Å². The summed E-state index contributed by atoms with van der Waals surface area (Å²) in [5.41, 5.74) is 4.06. The Morgan fingerprint density at radius 3 is 2.85 bits per heavy atom. The van der Waals surface area contributed by atoms with E-state index in [-0.39, 0.29) is 11.7 Å². The maximum Gasteiger partial charge on any atom is 0.166 e. The third-order valence-corrected chi connectivity index (χ3v) is 4.96. The SMILES string of the molecule is CC1Cc2cccc(-c3nc4ccccc4s3)c2C1=O. The lowest BCUT2D eigenvalue weighted by Crippen LogP contribution is -2.04. The number of Topliss-reactive ketones (excluding diaryl/α,β-unsaturated/α-hetero) is 1.